The summed E-state index contributed by atoms with van der Waals surface area (Å²) in [5.74, 6) is 0.614. The highest BCUT2D eigenvalue weighted by Gasteiger charge is 2.14. The molecule has 0 saturated heterocycles. The van der Waals surface area contributed by atoms with Gasteiger partial charge >= 0.3 is 0 Å². The summed E-state index contributed by atoms with van der Waals surface area (Å²) in [5.41, 5.74) is 11.5. The van der Waals surface area contributed by atoms with Crippen molar-refractivity contribution < 1.29 is 9.84 Å². The quantitative estimate of drug-likeness (QED) is 0.581. The number of ether oxygens (including phenoxy) is 1. The van der Waals surface area contributed by atoms with Gasteiger partial charge in [0.05, 0.1) is 0 Å². The van der Waals surface area contributed by atoms with Crippen molar-refractivity contribution in [3.63, 3.8) is 0 Å². The number of aryl methyl sites for hydroxylation is 1. The average molecular weight is 331 g/mol. The molecule has 1 aromatic heterocycles. The number of aromatic hydroxyl groups is 1. The molecule has 1 heterocycles. The Hall–Kier alpha value is -3.48. The molecule has 0 saturated carbocycles. The van der Waals surface area contributed by atoms with Crippen LogP contribution in [0.4, 0.5) is 0 Å². The molecule has 0 fully saturated rings. The fourth-order valence-corrected chi connectivity index (χ4v) is 2.42. The van der Waals surface area contributed by atoms with Crippen LogP contribution in [0.3, 0.4) is 0 Å². The first-order valence-electron chi connectivity index (χ1n) is 7.73. The number of rotatable bonds is 4. The monoisotopic (exact) mass is 331 g/mol. The number of hydrogen-bond donors (Lipinski definition) is 1. The molecule has 25 heavy (non-hydrogen) atoms. The van der Waals surface area contributed by atoms with E-state index in [1.54, 1.807) is 6.92 Å². The minimum absolute atomic E-state index is 0.0851. The molecule has 5 nitrogen and oxygen atoms in total. The Kier molecular flexibility index (Phi) is 4.56. The largest absolute Gasteiger partial charge is 0.505 e. The van der Waals surface area contributed by atoms with E-state index in [1.165, 1.54) is 4.80 Å². The van der Waals surface area contributed by atoms with E-state index in [0.29, 0.717) is 17.0 Å². The van der Waals surface area contributed by atoms with Crippen LogP contribution in [-0.2, 0) is 11.3 Å². The molecule has 0 aliphatic rings. The molecular formula is C20H17N3O2. The zero-order chi connectivity index (χ0) is 17.8. The second kappa shape index (κ2) is 6.96. The lowest BCUT2D eigenvalue weighted by atomic mass is 10.1. The van der Waals surface area contributed by atoms with Gasteiger partial charge in [-0.15, -0.1) is 15.0 Å². The van der Waals surface area contributed by atoms with Gasteiger partial charge in [0.2, 0.25) is 0 Å². The van der Waals surface area contributed by atoms with E-state index in [2.05, 4.69) is 34.0 Å². The van der Waals surface area contributed by atoms with Crippen molar-refractivity contribution in [2.24, 2.45) is 0 Å². The van der Waals surface area contributed by atoms with Gasteiger partial charge < -0.3 is 9.84 Å². The smallest absolute Gasteiger partial charge is 0.149 e. The van der Waals surface area contributed by atoms with Crippen molar-refractivity contribution in [1.82, 2.24) is 15.0 Å². The number of benzene rings is 2. The molecule has 3 aromatic rings. The molecule has 0 aliphatic heterocycles. The third kappa shape index (κ3) is 3.55. The maximum Gasteiger partial charge on any atom is 0.149 e. The molecule has 2 aromatic carbocycles. The van der Waals surface area contributed by atoms with Crippen LogP contribution < -0.4 is 0 Å². The van der Waals surface area contributed by atoms with Crippen LogP contribution in [0.5, 0.6) is 5.75 Å². The highest BCUT2D eigenvalue weighted by molar-refractivity contribution is 5.73. The van der Waals surface area contributed by atoms with E-state index in [1.807, 2.05) is 43.3 Å². The summed E-state index contributed by atoms with van der Waals surface area (Å²) in [6.45, 7) is 7.30. The van der Waals surface area contributed by atoms with Crippen molar-refractivity contribution in [3.8, 4) is 11.4 Å². The molecule has 0 aliphatic carbocycles. The van der Waals surface area contributed by atoms with E-state index in [4.69, 9.17) is 4.74 Å². The van der Waals surface area contributed by atoms with Crippen molar-refractivity contribution in [2.75, 3.05) is 0 Å². The van der Waals surface area contributed by atoms with Crippen molar-refractivity contribution in [2.45, 2.75) is 20.5 Å². The Bertz CT molecular complexity index is 1030. The minimum Gasteiger partial charge on any atom is -0.505 e. The van der Waals surface area contributed by atoms with Gasteiger partial charge in [-0.05, 0) is 54.8 Å². The maximum absolute atomic E-state index is 10.6. The molecular weight excluding hydrogens is 314 g/mol. The summed E-state index contributed by atoms with van der Waals surface area (Å²) in [4.78, 5) is 1.44. The van der Waals surface area contributed by atoms with Crippen LogP contribution in [0.2, 0.25) is 0 Å². The predicted octanol–water partition coefficient (Wildman–Crippen LogP) is 3.95. The van der Waals surface area contributed by atoms with E-state index in [9.17, 15) is 5.11 Å². The number of fused-ring (bicyclic) bond motifs is 1. The Balaban J connectivity index is 1.99. The predicted molar refractivity (Wildman–Crippen MR) is 95.4 cm³/mol. The van der Waals surface area contributed by atoms with Crippen LogP contribution in [0.1, 0.15) is 18.1 Å². The Morgan fingerprint density at radius 1 is 1.24 bits per heavy atom. The van der Waals surface area contributed by atoms with Gasteiger partial charge in [-0.25, -0.2) is 0 Å². The van der Waals surface area contributed by atoms with Gasteiger partial charge in [0.25, 0.3) is 0 Å². The third-order valence-electron chi connectivity index (χ3n) is 3.59. The van der Waals surface area contributed by atoms with Crippen molar-refractivity contribution >= 4 is 11.0 Å². The summed E-state index contributed by atoms with van der Waals surface area (Å²) in [5, 5.41) is 19.5. The fraction of sp³-hybridized carbons (Fsp3) is 0.150. The highest BCUT2D eigenvalue weighted by Crippen LogP contribution is 2.29. The first kappa shape index (κ1) is 16.4. The van der Waals surface area contributed by atoms with E-state index in [-0.39, 0.29) is 12.4 Å². The molecule has 3 rings (SSSR count). The fourth-order valence-electron chi connectivity index (χ4n) is 2.42. The first-order chi connectivity index (χ1) is 12.1. The lowest BCUT2D eigenvalue weighted by Crippen LogP contribution is -2.02. The highest BCUT2D eigenvalue weighted by atomic mass is 16.5. The zero-order valence-electron chi connectivity index (χ0n) is 14.1. The van der Waals surface area contributed by atoms with Gasteiger partial charge in [0.1, 0.15) is 34.8 Å². The second-order valence-corrected chi connectivity index (χ2v) is 5.54. The third-order valence-corrected chi connectivity index (χ3v) is 3.59. The summed E-state index contributed by atoms with van der Waals surface area (Å²) in [7, 11) is 0. The van der Waals surface area contributed by atoms with Gasteiger partial charge in [0, 0.05) is 12.5 Å². The standard InChI is InChI=1S/C20H17N3O2/c1-4-5-8-15(3)25-13-16-11-14(2)12-19(20(16)24)23-21-17-9-6-7-10-18(17)22-23/h6-7,9-12,24H,1,13H2,2-3H3. The normalized spacial score (nSPS) is 10.0. The van der Waals surface area contributed by atoms with E-state index in [0.717, 1.165) is 16.6 Å². The lowest BCUT2D eigenvalue weighted by molar-refractivity contribution is 0.198. The van der Waals surface area contributed by atoms with Crippen LogP contribution >= 0.6 is 0 Å². The Morgan fingerprint density at radius 3 is 2.56 bits per heavy atom. The molecule has 0 atom stereocenters. The van der Waals surface area contributed by atoms with Gasteiger partial charge in [-0.3, -0.25) is 0 Å². The van der Waals surface area contributed by atoms with Crippen LogP contribution in [-0.4, -0.2) is 20.1 Å². The average Bonchev–Trinajstić information content (AvgIpc) is 3.04. The van der Waals surface area contributed by atoms with Crippen molar-refractivity contribution in [3.05, 3.63) is 77.1 Å². The first-order valence-corrected chi connectivity index (χ1v) is 7.73. The molecule has 124 valence electrons. The number of hydrogen-bond acceptors (Lipinski definition) is 4. The van der Waals surface area contributed by atoms with Crippen LogP contribution in [0.25, 0.3) is 16.7 Å². The summed E-state index contributed by atoms with van der Waals surface area (Å²) in [6, 6.07) is 11.3. The number of nitrogens with zero attached hydrogens (tertiary/aromatic N) is 3. The van der Waals surface area contributed by atoms with Crippen LogP contribution in [0.15, 0.2) is 65.9 Å². The molecule has 0 spiro atoms. The van der Waals surface area contributed by atoms with Crippen LogP contribution in [0, 0.1) is 6.92 Å². The molecule has 0 radical (unpaired) electrons. The van der Waals surface area contributed by atoms with E-state index >= 15 is 0 Å². The number of phenolic OH excluding ortho intramolecular Hbond substituents is 1. The SMILES string of the molecule is C=C=C=C=C(C)OCc1cc(C)cc(-n2nc3ccccc3n2)c1O. The second-order valence-electron chi connectivity index (χ2n) is 5.54. The molecule has 0 bridgehead atoms. The summed E-state index contributed by atoms with van der Waals surface area (Å²) in [6.07, 6.45) is 0. The van der Waals surface area contributed by atoms with Gasteiger partial charge in [-0.1, -0.05) is 17.9 Å². The zero-order valence-corrected chi connectivity index (χ0v) is 14.1. The topological polar surface area (TPSA) is 60.2 Å². The van der Waals surface area contributed by atoms with Gasteiger partial charge in [0.15, 0.2) is 0 Å². The summed E-state index contributed by atoms with van der Waals surface area (Å²) >= 11 is 0. The minimum atomic E-state index is 0.0851. The Morgan fingerprint density at radius 2 is 1.92 bits per heavy atom. The maximum atomic E-state index is 10.6. The Labute approximate surface area is 145 Å². The molecule has 0 amide bonds. The number of phenols is 1. The van der Waals surface area contributed by atoms with Crippen molar-refractivity contribution in [1.29, 1.82) is 0 Å². The van der Waals surface area contributed by atoms with E-state index < -0.39 is 0 Å². The number of allylic oxidation sites excluding steroid dienone is 1. The van der Waals surface area contributed by atoms with Gasteiger partial charge in [-0.2, -0.15) is 0 Å². The lowest BCUT2D eigenvalue weighted by Gasteiger charge is -2.11. The molecule has 0 unspecified atom stereocenters. The summed E-state index contributed by atoms with van der Waals surface area (Å²) < 4.78 is 5.58. The number of aromatic nitrogens is 3. The molecule has 5 heteroatoms. The molecule has 1 N–H and O–H groups in total.